The minimum Gasteiger partial charge on any atom is -0.497 e. The zero-order chi connectivity index (χ0) is 18.9. The van der Waals surface area contributed by atoms with Gasteiger partial charge in [-0.25, -0.2) is 0 Å². The molecule has 3 heterocycles. The molecular formula is C23H24N2O3. The van der Waals surface area contributed by atoms with Crippen molar-refractivity contribution in [3.05, 3.63) is 60.3 Å². The first kappa shape index (κ1) is 17.2. The zero-order valence-electron chi connectivity index (χ0n) is 16.0. The second-order valence-corrected chi connectivity index (χ2v) is 7.35. The van der Waals surface area contributed by atoms with Gasteiger partial charge in [0.15, 0.2) is 11.5 Å². The number of aromatic amines is 1. The SMILES string of the molecule is COc1ccc2[nH]cc(C3=CCN(CC4COc5ccccc5O4)CC3)c2c1. The lowest BCUT2D eigenvalue weighted by Crippen LogP contribution is -2.42. The smallest absolute Gasteiger partial charge is 0.161 e. The van der Waals surface area contributed by atoms with Crippen LogP contribution in [0.4, 0.5) is 0 Å². The van der Waals surface area contributed by atoms with E-state index >= 15 is 0 Å². The lowest BCUT2D eigenvalue weighted by molar-refractivity contribution is 0.0616. The average Bonchev–Trinajstić information content (AvgIpc) is 3.17. The molecule has 28 heavy (non-hydrogen) atoms. The van der Waals surface area contributed by atoms with Gasteiger partial charge in [0.1, 0.15) is 18.5 Å². The van der Waals surface area contributed by atoms with Crippen LogP contribution >= 0.6 is 0 Å². The van der Waals surface area contributed by atoms with E-state index in [0.717, 1.165) is 48.8 Å². The number of nitrogens with one attached hydrogen (secondary N) is 1. The number of hydrogen-bond acceptors (Lipinski definition) is 4. The molecule has 0 bridgehead atoms. The lowest BCUT2D eigenvalue weighted by atomic mass is 9.98. The fourth-order valence-corrected chi connectivity index (χ4v) is 4.06. The molecule has 0 saturated heterocycles. The van der Waals surface area contributed by atoms with Crippen molar-refractivity contribution in [2.45, 2.75) is 12.5 Å². The van der Waals surface area contributed by atoms with Gasteiger partial charge in [0.2, 0.25) is 0 Å². The Balaban J connectivity index is 1.27. The van der Waals surface area contributed by atoms with E-state index in [1.54, 1.807) is 7.11 Å². The van der Waals surface area contributed by atoms with Crippen molar-refractivity contribution < 1.29 is 14.2 Å². The maximum atomic E-state index is 6.11. The summed E-state index contributed by atoms with van der Waals surface area (Å²) < 4.78 is 17.3. The first-order chi connectivity index (χ1) is 13.8. The highest BCUT2D eigenvalue weighted by molar-refractivity contribution is 5.93. The Morgan fingerprint density at radius 2 is 2.07 bits per heavy atom. The largest absolute Gasteiger partial charge is 0.497 e. The molecule has 2 aromatic carbocycles. The van der Waals surface area contributed by atoms with Crippen LogP contribution in [-0.2, 0) is 0 Å². The van der Waals surface area contributed by atoms with Gasteiger partial charge in [0.05, 0.1) is 7.11 Å². The topological polar surface area (TPSA) is 46.7 Å². The number of nitrogens with zero attached hydrogens (tertiary/aromatic N) is 1. The van der Waals surface area contributed by atoms with E-state index in [1.807, 2.05) is 30.3 Å². The maximum absolute atomic E-state index is 6.11. The van der Waals surface area contributed by atoms with Gasteiger partial charge in [0, 0.05) is 42.3 Å². The summed E-state index contributed by atoms with van der Waals surface area (Å²) in [6.45, 7) is 3.42. The summed E-state index contributed by atoms with van der Waals surface area (Å²) in [4.78, 5) is 5.81. The van der Waals surface area contributed by atoms with Crippen molar-refractivity contribution in [3.8, 4) is 17.2 Å². The number of aromatic nitrogens is 1. The number of benzene rings is 2. The van der Waals surface area contributed by atoms with Crippen LogP contribution in [-0.4, -0.2) is 49.3 Å². The van der Waals surface area contributed by atoms with E-state index in [1.165, 1.54) is 16.5 Å². The highest BCUT2D eigenvalue weighted by Crippen LogP contribution is 2.33. The van der Waals surface area contributed by atoms with Gasteiger partial charge in [-0.05, 0) is 42.3 Å². The Morgan fingerprint density at radius 3 is 2.89 bits per heavy atom. The van der Waals surface area contributed by atoms with Crippen LogP contribution in [0.5, 0.6) is 17.2 Å². The summed E-state index contributed by atoms with van der Waals surface area (Å²) >= 11 is 0. The lowest BCUT2D eigenvalue weighted by Gasteiger charge is -2.32. The highest BCUT2D eigenvalue weighted by atomic mass is 16.6. The third kappa shape index (κ3) is 3.22. The van der Waals surface area contributed by atoms with Crippen LogP contribution in [0.15, 0.2) is 54.7 Å². The van der Waals surface area contributed by atoms with Gasteiger partial charge in [-0.15, -0.1) is 0 Å². The molecule has 144 valence electrons. The fraction of sp³-hybridized carbons (Fsp3) is 0.304. The van der Waals surface area contributed by atoms with Crippen molar-refractivity contribution in [2.75, 3.05) is 33.4 Å². The normalized spacial score (nSPS) is 19.5. The Bertz CT molecular complexity index is 1020. The molecule has 0 aliphatic carbocycles. The van der Waals surface area contributed by atoms with Crippen molar-refractivity contribution in [1.29, 1.82) is 0 Å². The van der Waals surface area contributed by atoms with E-state index in [4.69, 9.17) is 14.2 Å². The quantitative estimate of drug-likeness (QED) is 0.745. The second-order valence-electron chi connectivity index (χ2n) is 7.35. The zero-order valence-corrected chi connectivity index (χ0v) is 16.0. The number of fused-ring (bicyclic) bond motifs is 2. The number of para-hydroxylation sites is 2. The standard InChI is InChI=1S/C23H24N2O3/c1-26-17-6-7-21-19(12-17)20(13-24-21)16-8-10-25(11-9-16)14-18-15-27-22-4-2-3-5-23(22)28-18/h2-8,12-13,18,24H,9-11,14-15H2,1H3. The molecule has 1 N–H and O–H groups in total. The third-order valence-corrected chi connectivity index (χ3v) is 5.56. The molecule has 0 radical (unpaired) electrons. The van der Waals surface area contributed by atoms with Crippen LogP contribution in [0, 0.1) is 0 Å². The van der Waals surface area contributed by atoms with Gasteiger partial charge in [0.25, 0.3) is 0 Å². The van der Waals surface area contributed by atoms with Crippen molar-refractivity contribution in [3.63, 3.8) is 0 Å². The van der Waals surface area contributed by atoms with Crippen LogP contribution in [0.1, 0.15) is 12.0 Å². The predicted molar refractivity (Wildman–Crippen MR) is 110 cm³/mol. The molecule has 1 atom stereocenters. The molecule has 3 aromatic rings. The van der Waals surface area contributed by atoms with Crippen LogP contribution in [0.3, 0.4) is 0 Å². The van der Waals surface area contributed by atoms with E-state index in [2.05, 4.69) is 34.3 Å². The summed E-state index contributed by atoms with van der Waals surface area (Å²) in [6.07, 6.45) is 5.54. The summed E-state index contributed by atoms with van der Waals surface area (Å²) in [5.74, 6) is 2.58. The van der Waals surface area contributed by atoms with Gasteiger partial charge in [-0.2, -0.15) is 0 Å². The molecular weight excluding hydrogens is 352 g/mol. The van der Waals surface area contributed by atoms with Crippen LogP contribution in [0.2, 0.25) is 0 Å². The molecule has 1 unspecified atom stereocenters. The fourth-order valence-electron chi connectivity index (χ4n) is 4.06. The van der Waals surface area contributed by atoms with E-state index in [-0.39, 0.29) is 6.10 Å². The summed E-state index contributed by atoms with van der Waals surface area (Å²) in [6, 6.07) is 14.1. The number of methoxy groups -OCH3 is 1. The molecule has 0 saturated carbocycles. The Hall–Kier alpha value is -2.92. The molecule has 5 nitrogen and oxygen atoms in total. The Kier molecular flexibility index (Phi) is 4.45. The van der Waals surface area contributed by atoms with Crippen molar-refractivity contribution in [1.82, 2.24) is 9.88 Å². The molecule has 2 aliphatic rings. The highest BCUT2D eigenvalue weighted by Gasteiger charge is 2.24. The van der Waals surface area contributed by atoms with E-state index < -0.39 is 0 Å². The summed E-state index contributed by atoms with van der Waals surface area (Å²) in [5, 5.41) is 1.22. The van der Waals surface area contributed by atoms with Gasteiger partial charge in [-0.1, -0.05) is 18.2 Å². The van der Waals surface area contributed by atoms with Gasteiger partial charge in [-0.3, -0.25) is 4.90 Å². The van der Waals surface area contributed by atoms with E-state index in [9.17, 15) is 0 Å². The Morgan fingerprint density at radius 1 is 1.18 bits per heavy atom. The molecule has 5 rings (SSSR count). The molecule has 2 aliphatic heterocycles. The van der Waals surface area contributed by atoms with Crippen molar-refractivity contribution in [2.24, 2.45) is 0 Å². The number of rotatable bonds is 4. The average molecular weight is 376 g/mol. The van der Waals surface area contributed by atoms with Crippen LogP contribution in [0.25, 0.3) is 16.5 Å². The van der Waals surface area contributed by atoms with Gasteiger partial charge >= 0.3 is 0 Å². The van der Waals surface area contributed by atoms with E-state index in [0.29, 0.717) is 6.61 Å². The maximum Gasteiger partial charge on any atom is 0.161 e. The minimum atomic E-state index is 0.0715. The molecule has 0 amide bonds. The molecule has 1 aromatic heterocycles. The first-order valence-corrected chi connectivity index (χ1v) is 9.75. The Labute approximate surface area is 164 Å². The monoisotopic (exact) mass is 376 g/mol. The summed E-state index contributed by atoms with van der Waals surface area (Å²) in [5.41, 5.74) is 3.81. The number of hydrogen-bond donors (Lipinski definition) is 1. The molecule has 0 spiro atoms. The number of H-pyrrole nitrogens is 1. The van der Waals surface area contributed by atoms with Gasteiger partial charge < -0.3 is 19.2 Å². The molecule has 5 heteroatoms. The number of ether oxygens (including phenoxy) is 3. The predicted octanol–water partition coefficient (Wildman–Crippen LogP) is 4.11. The summed E-state index contributed by atoms with van der Waals surface area (Å²) in [7, 11) is 1.71. The minimum absolute atomic E-state index is 0.0715. The van der Waals surface area contributed by atoms with Crippen LogP contribution < -0.4 is 14.2 Å². The first-order valence-electron chi connectivity index (χ1n) is 9.75. The van der Waals surface area contributed by atoms with Crippen molar-refractivity contribution >= 4 is 16.5 Å². The third-order valence-electron chi connectivity index (χ3n) is 5.56. The second kappa shape index (κ2) is 7.24. The molecule has 0 fully saturated rings.